The summed E-state index contributed by atoms with van der Waals surface area (Å²) in [7, 11) is 3.00. The van der Waals surface area contributed by atoms with Crippen LogP contribution in [0.25, 0.3) is 0 Å². The van der Waals surface area contributed by atoms with Gasteiger partial charge < -0.3 is 25.2 Å². The minimum absolute atomic E-state index is 0.124. The molecule has 0 unspecified atom stereocenters. The minimum atomic E-state index is -1.57. The summed E-state index contributed by atoms with van der Waals surface area (Å²) < 4.78 is 5.69. The third-order valence-electron chi connectivity index (χ3n) is 3.49. The van der Waals surface area contributed by atoms with Crippen LogP contribution in [-0.2, 0) is 4.79 Å². The van der Waals surface area contributed by atoms with Crippen molar-refractivity contribution in [1.29, 1.82) is 0 Å². The molecule has 0 spiro atoms. The largest absolute Gasteiger partial charge is 0.457 e. The van der Waals surface area contributed by atoms with Gasteiger partial charge in [0.15, 0.2) is 6.10 Å². The second-order valence-electron chi connectivity index (χ2n) is 5.71. The lowest BCUT2D eigenvalue weighted by molar-refractivity contribution is -0.142. The first-order chi connectivity index (χ1) is 11.9. The Hall–Kier alpha value is -2.83. The van der Waals surface area contributed by atoms with Gasteiger partial charge in [0.05, 0.1) is 0 Å². The number of para-hydroxylation sites is 1. The molecule has 3 N–H and O–H groups in total. The van der Waals surface area contributed by atoms with Crippen LogP contribution in [0, 0.1) is 0 Å². The number of likely N-dealkylation sites (N-methyl/N-ethyl adjacent to an activating group) is 1. The number of nitrogens with one attached hydrogen (secondary N) is 1. The molecule has 0 fully saturated rings. The highest BCUT2D eigenvalue weighted by molar-refractivity contribution is 5.81. The van der Waals surface area contributed by atoms with Crippen molar-refractivity contribution in [2.45, 2.75) is 12.2 Å². The quantitative estimate of drug-likeness (QED) is 0.719. The van der Waals surface area contributed by atoms with Crippen LogP contribution in [0.1, 0.15) is 0 Å². The Bertz CT molecular complexity index is 714. The van der Waals surface area contributed by atoms with E-state index in [0.717, 1.165) is 5.75 Å². The number of hydrogen-bond acceptors (Lipinski definition) is 5. The van der Waals surface area contributed by atoms with Gasteiger partial charge in [-0.15, -0.1) is 0 Å². The molecule has 2 rings (SSSR count). The molecule has 0 aliphatic carbocycles. The number of ether oxygens (including phenoxy) is 1. The van der Waals surface area contributed by atoms with Gasteiger partial charge >= 0.3 is 0 Å². The van der Waals surface area contributed by atoms with Crippen molar-refractivity contribution in [2.24, 2.45) is 0 Å². The molecule has 0 radical (unpaired) electrons. The fourth-order valence-corrected chi connectivity index (χ4v) is 2.08. The Balaban J connectivity index is 1.96. The van der Waals surface area contributed by atoms with E-state index in [0.29, 0.717) is 11.4 Å². The number of carbonyl (C=O) groups excluding carboxylic acids is 1. The van der Waals surface area contributed by atoms with Gasteiger partial charge in [0.1, 0.15) is 17.6 Å². The van der Waals surface area contributed by atoms with Crippen LogP contribution in [0.5, 0.6) is 11.5 Å². The summed E-state index contributed by atoms with van der Waals surface area (Å²) in [6.07, 6.45) is -2.99. The Kier molecular flexibility index (Phi) is 6.16. The Labute approximate surface area is 147 Å². The molecule has 0 aliphatic rings. The first-order valence-corrected chi connectivity index (χ1v) is 7.74. The van der Waals surface area contributed by atoms with Crippen molar-refractivity contribution < 1.29 is 19.7 Å². The average Bonchev–Trinajstić information content (AvgIpc) is 2.62. The highest BCUT2D eigenvalue weighted by Gasteiger charge is 2.27. The molecular formula is C19H22N2O4. The summed E-state index contributed by atoms with van der Waals surface area (Å²) in [4.78, 5) is 12.9. The van der Waals surface area contributed by atoms with E-state index < -0.39 is 18.1 Å². The third kappa shape index (κ3) is 5.07. The van der Waals surface area contributed by atoms with Gasteiger partial charge in [-0.05, 0) is 36.4 Å². The number of nitrogens with zero attached hydrogens (tertiary/aromatic N) is 1. The standard InChI is InChI=1S/C19H22N2O4/c1-13(17(22)18(23)19(24)21(2)3)20-14-9-11-16(12-10-14)25-15-7-5-4-6-8-15/h4-12,17-18,20,22-23H,1H2,2-3H3/t17-,18+/m0/s1. The maximum absolute atomic E-state index is 11.7. The number of carbonyl (C=O) groups is 1. The van der Waals surface area contributed by atoms with Crippen molar-refractivity contribution in [3.8, 4) is 11.5 Å². The monoisotopic (exact) mass is 342 g/mol. The third-order valence-corrected chi connectivity index (χ3v) is 3.49. The molecule has 6 heteroatoms. The first kappa shape index (κ1) is 18.5. The topological polar surface area (TPSA) is 82.0 Å². The second kappa shape index (κ2) is 8.32. The first-order valence-electron chi connectivity index (χ1n) is 7.74. The summed E-state index contributed by atoms with van der Waals surface area (Å²) in [5.41, 5.74) is 0.772. The maximum atomic E-state index is 11.7. The molecule has 0 aromatic heterocycles. The number of hydrogen-bond donors (Lipinski definition) is 3. The van der Waals surface area contributed by atoms with E-state index >= 15 is 0 Å². The van der Waals surface area contributed by atoms with Gasteiger partial charge in [0.25, 0.3) is 5.91 Å². The van der Waals surface area contributed by atoms with E-state index in [1.807, 2.05) is 30.3 Å². The number of amides is 1. The lowest BCUT2D eigenvalue weighted by Crippen LogP contribution is -2.43. The predicted molar refractivity (Wildman–Crippen MR) is 96.4 cm³/mol. The highest BCUT2D eigenvalue weighted by Crippen LogP contribution is 2.23. The van der Waals surface area contributed by atoms with E-state index in [1.165, 1.54) is 19.0 Å². The zero-order valence-electron chi connectivity index (χ0n) is 14.2. The van der Waals surface area contributed by atoms with Crippen molar-refractivity contribution >= 4 is 11.6 Å². The fourth-order valence-electron chi connectivity index (χ4n) is 2.08. The van der Waals surface area contributed by atoms with Crippen LogP contribution < -0.4 is 10.1 Å². The fraction of sp³-hybridized carbons (Fsp3) is 0.211. The smallest absolute Gasteiger partial charge is 0.254 e. The van der Waals surface area contributed by atoms with Crippen LogP contribution in [-0.4, -0.2) is 47.3 Å². The van der Waals surface area contributed by atoms with Gasteiger partial charge in [-0.2, -0.15) is 0 Å². The molecule has 2 aromatic rings. The van der Waals surface area contributed by atoms with Crippen molar-refractivity contribution in [3.05, 3.63) is 66.9 Å². The van der Waals surface area contributed by atoms with Gasteiger partial charge in [-0.1, -0.05) is 24.8 Å². The van der Waals surface area contributed by atoms with E-state index in [1.54, 1.807) is 24.3 Å². The summed E-state index contributed by atoms with van der Waals surface area (Å²) >= 11 is 0. The van der Waals surface area contributed by atoms with Crippen LogP contribution in [0.15, 0.2) is 66.9 Å². The Morgan fingerprint density at radius 2 is 1.56 bits per heavy atom. The Morgan fingerprint density at radius 3 is 2.12 bits per heavy atom. The molecule has 2 atom stereocenters. The molecule has 6 nitrogen and oxygen atoms in total. The number of benzene rings is 2. The van der Waals surface area contributed by atoms with Gasteiger partial charge in [-0.3, -0.25) is 4.79 Å². The highest BCUT2D eigenvalue weighted by atomic mass is 16.5. The molecule has 0 saturated carbocycles. The lowest BCUT2D eigenvalue weighted by atomic mass is 10.1. The molecule has 1 amide bonds. The molecular weight excluding hydrogens is 320 g/mol. The predicted octanol–water partition coefficient (Wildman–Crippen LogP) is 2.21. The average molecular weight is 342 g/mol. The van der Waals surface area contributed by atoms with E-state index in [-0.39, 0.29) is 5.70 Å². The molecule has 0 aliphatic heterocycles. The minimum Gasteiger partial charge on any atom is -0.457 e. The summed E-state index contributed by atoms with van der Waals surface area (Å²) in [5.74, 6) is 0.793. The molecule has 0 saturated heterocycles. The molecule has 0 heterocycles. The normalized spacial score (nSPS) is 12.8. The lowest BCUT2D eigenvalue weighted by Gasteiger charge is -2.23. The van der Waals surface area contributed by atoms with Crippen LogP contribution in [0.4, 0.5) is 5.69 Å². The number of aliphatic hydroxyl groups is 2. The number of rotatable bonds is 7. The number of aliphatic hydroxyl groups excluding tert-OH is 2. The molecule has 25 heavy (non-hydrogen) atoms. The van der Waals surface area contributed by atoms with E-state index in [9.17, 15) is 15.0 Å². The summed E-state index contributed by atoms with van der Waals surface area (Å²) in [5, 5.41) is 22.8. The van der Waals surface area contributed by atoms with Crippen LogP contribution >= 0.6 is 0 Å². The Morgan fingerprint density at radius 1 is 1.00 bits per heavy atom. The van der Waals surface area contributed by atoms with Crippen LogP contribution in [0.2, 0.25) is 0 Å². The zero-order valence-corrected chi connectivity index (χ0v) is 14.2. The van der Waals surface area contributed by atoms with Crippen molar-refractivity contribution in [2.75, 3.05) is 19.4 Å². The van der Waals surface area contributed by atoms with Gasteiger partial charge in [0.2, 0.25) is 0 Å². The summed E-state index contributed by atoms with van der Waals surface area (Å²) in [6.45, 7) is 3.68. The van der Waals surface area contributed by atoms with Crippen LogP contribution in [0.3, 0.4) is 0 Å². The maximum Gasteiger partial charge on any atom is 0.254 e. The van der Waals surface area contributed by atoms with E-state index in [4.69, 9.17) is 4.74 Å². The van der Waals surface area contributed by atoms with Gasteiger partial charge in [0, 0.05) is 25.5 Å². The van der Waals surface area contributed by atoms with Crippen molar-refractivity contribution in [3.63, 3.8) is 0 Å². The SMILES string of the molecule is C=C(Nc1ccc(Oc2ccccc2)cc1)[C@H](O)[C@@H](O)C(=O)N(C)C. The van der Waals surface area contributed by atoms with Crippen molar-refractivity contribution in [1.82, 2.24) is 4.90 Å². The molecule has 2 aromatic carbocycles. The second-order valence-corrected chi connectivity index (χ2v) is 5.71. The zero-order chi connectivity index (χ0) is 18.4. The van der Waals surface area contributed by atoms with E-state index in [2.05, 4.69) is 11.9 Å². The number of anilines is 1. The molecule has 0 bridgehead atoms. The van der Waals surface area contributed by atoms with Gasteiger partial charge in [-0.25, -0.2) is 0 Å². The molecule has 132 valence electrons. The summed E-state index contributed by atoms with van der Waals surface area (Å²) in [6, 6.07) is 16.4.